The molecular weight excluding hydrogens is 312 g/mol. The van der Waals surface area contributed by atoms with Gasteiger partial charge in [-0.25, -0.2) is 0 Å². The molecule has 0 spiro atoms. The molecule has 0 aliphatic rings. The highest BCUT2D eigenvalue weighted by Gasteiger charge is 2.17. The summed E-state index contributed by atoms with van der Waals surface area (Å²) in [5, 5.41) is 4.31. The maximum atomic E-state index is 13.1. The van der Waals surface area contributed by atoms with Gasteiger partial charge in [-0.15, -0.1) is 0 Å². The van der Waals surface area contributed by atoms with E-state index in [-0.39, 0.29) is 11.3 Å². The number of carbonyl (C=O) groups excluding carboxylic acids is 1. The summed E-state index contributed by atoms with van der Waals surface area (Å²) in [4.78, 5) is 16.2. The summed E-state index contributed by atoms with van der Waals surface area (Å²) in [6, 6.07) is 15.1. The van der Waals surface area contributed by atoms with Crippen LogP contribution in [0.15, 0.2) is 54.7 Å². The van der Waals surface area contributed by atoms with Crippen molar-refractivity contribution in [3.8, 4) is 5.75 Å². The molecule has 0 bridgehead atoms. The molecule has 0 aliphatic heterocycles. The number of fused-ring (bicyclic) bond motifs is 1. The van der Waals surface area contributed by atoms with Crippen molar-refractivity contribution in [2.24, 2.45) is 0 Å². The number of ether oxygens (including phenoxy) is 1. The van der Waals surface area contributed by atoms with E-state index in [2.05, 4.69) is 31.1 Å². The molecule has 3 aromatic rings. The summed E-state index contributed by atoms with van der Waals surface area (Å²) >= 11 is 0. The SMILES string of the molecule is CC(C)(C)NCCOc1ccccc1C(=O)c1cccc2[nH]ccc12. The second-order valence-corrected chi connectivity index (χ2v) is 7.10. The number of H-pyrrole nitrogens is 1. The van der Waals surface area contributed by atoms with Gasteiger partial charge < -0.3 is 15.0 Å². The Balaban J connectivity index is 1.81. The normalized spacial score (nSPS) is 11.6. The highest BCUT2D eigenvalue weighted by Crippen LogP contribution is 2.25. The van der Waals surface area contributed by atoms with Gasteiger partial charge in [0.25, 0.3) is 0 Å². The van der Waals surface area contributed by atoms with Gasteiger partial charge in [-0.2, -0.15) is 0 Å². The highest BCUT2D eigenvalue weighted by molar-refractivity contribution is 6.17. The second kappa shape index (κ2) is 7.11. The molecule has 0 atom stereocenters. The molecule has 130 valence electrons. The third kappa shape index (κ3) is 4.09. The van der Waals surface area contributed by atoms with Crippen LogP contribution in [-0.2, 0) is 0 Å². The summed E-state index contributed by atoms with van der Waals surface area (Å²) in [6.45, 7) is 7.57. The van der Waals surface area contributed by atoms with Gasteiger partial charge in [0.2, 0.25) is 0 Å². The largest absolute Gasteiger partial charge is 0.491 e. The lowest BCUT2D eigenvalue weighted by atomic mass is 9.99. The number of para-hydroxylation sites is 1. The Kier molecular flexibility index (Phi) is 4.91. The molecule has 0 aliphatic carbocycles. The van der Waals surface area contributed by atoms with Crippen molar-refractivity contribution >= 4 is 16.7 Å². The molecule has 3 rings (SSSR count). The van der Waals surface area contributed by atoms with Gasteiger partial charge >= 0.3 is 0 Å². The van der Waals surface area contributed by atoms with Crippen LogP contribution in [-0.4, -0.2) is 29.5 Å². The van der Waals surface area contributed by atoms with Crippen molar-refractivity contribution in [3.05, 3.63) is 65.9 Å². The van der Waals surface area contributed by atoms with Crippen LogP contribution >= 0.6 is 0 Å². The van der Waals surface area contributed by atoms with E-state index in [1.807, 2.05) is 54.7 Å². The summed E-state index contributed by atoms with van der Waals surface area (Å²) in [6.07, 6.45) is 1.85. The zero-order chi connectivity index (χ0) is 17.9. The van der Waals surface area contributed by atoms with Crippen LogP contribution in [0.2, 0.25) is 0 Å². The molecule has 4 heteroatoms. The van der Waals surface area contributed by atoms with Gasteiger partial charge in [-0.3, -0.25) is 4.79 Å². The summed E-state index contributed by atoms with van der Waals surface area (Å²) < 4.78 is 5.88. The lowest BCUT2D eigenvalue weighted by molar-refractivity contribution is 0.103. The van der Waals surface area contributed by atoms with Crippen molar-refractivity contribution in [2.75, 3.05) is 13.2 Å². The minimum Gasteiger partial charge on any atom is -0.491 e. The van der Waals surface area contributed by atoms with Gasteiger partial charge in [0.05, 0.1) is 5.56 Å². The van der Waals surface area contributed by atoms with E-state index in [1.54, 1.807) is 0 Å². The Morgan fingerprint density at radius 3 is 2.60 bits per heavy atom. The van der Waals surface area contributed by atoms with Gasteiger partial charge in [0, 0.05) is 34.7 Å². The highest BCUT2D eigenvalue weighted by atomic mass is 16.5. The van der Waals surface area contributed by atoms with Crippen LogP contribution in [0.25, 0.3) is 10.9 Å². The molecule has 0 amide bonds. The minimum atomic E-state index is -0.0235. The number of carbonyl (C=O) groups is 1. The van der Waals surface area contributed by atoms with Gasteiger partial charge in [-0.05, 0) is 45.0 Å². The first-order valence-electron chi connectivity index (χ1n) is 8.53. The monoisotopic (exact) mass is 336 g/mol. The lowest BCUT2D eigenvalue weighted by Gasteiger charge is -2.20. The molecule has 0 saturated heterocycles. The average molecular weight is 336 g/mol. The summed E-state index contributed by atoms with van der Waals surface area (Å²) in [5.74, 6) is 0.598. The first kappa shape index (κ1) is 17.2. The molecule has 0 fully saturated rings. The second-order valence-electron chi connectivity index (χ2n) is 7.10. The van der Waals surface area contributed by atoms with Crippen LogP contribution in [0.1, 0.15) is 36.7 Å². The molecule has 2 aromatic carbocycles. The molecule has 0 radical (unpaired) electrons. The van der Waals surface area contributed by atoms with E-state index in [0.29, 0.717) is 23.5 Å². The van der Waals surface area contributed by atoms with Crippen molar-refractivity contribution in [2.45, 2.75) is 26.3 Å². The van der Waals surface area contributed by atoms with Gasteiger partial charge in [0.15, 0.2) is 5.78 Å². The van der Waals surface area contributed by atoms with Crippen molar-refractivity contribution in [1.29, 1.82) is 0 Å². The average Bonchev–Trinajstić information content (AvgIpc) is 3.06. The maximum absolute atomic E-state index is 13.1. The zero-order valence-corrected chi connectivity index (χ0v) is 14.9. The number of hydrogen-bond donors (Lipinski definition) is 2. The fourth-order valence-corrected chi connectivity index (χ4v) is 2.80. The number of hydrogen-bond acceptors (Lipinski definition) is 3. The number of rotatable bonds is 6. The molecule has 0 saturated carbocycles. The number of benzene rings is 2. The number of aromatic nitrogens is 1. The van der Waals surface area contributed by atoms with Crippen LogP contribution in [0, 0.1) is 0 Å². The Hall–Kier alpha value is -2.59. The van der Waals surface area contributed by atoms with E-state index in [1.165, 1.54) is 0 Å². The number of nitrogens with one attached hydrogen (secondary N) is 2. The molecular formula is C21H24N2O2. The van der Waals surface area contributed by atoms with Crippen molar-refractivity contribution < 1.29 is 9.53 Å². The van der Waals surface area contributed by atoms with E-state index in [9.17, 15) is 4.79 Å². The van der Waals surface area contributed by atoms with E-state index in [4.69, 9.17) is 4.74 Å². The molecule has 0 unspecified atom stereocenters. The molecule has 4 nitrogen and oxygen atoms in total. The number of ketones is 1. The van der Waals surface area contributed by atoms with Crippen LogP contribution < -0.4 is 10.1 Å². The summed E-state index contributed by atoms with van der Waals surface area (Å²) in [7, 11) is 0. The fraction of sp³-hybridized carbons (Fsp3) is 0.286. The van der Waals surface area contributed by atoms with Gasteiger partial charge in [0.1, 0.15) is 12.4 Å². The minimum absolute atomic E-state index is 0.0235. The standard InChI is InChI=1S/C21H24N2O2/c1-21(2,3)23-13-14-25-19-10-5-4-7-17(19)20(24)16-8-6-9-18-15(16)11-12-22-18/h4-12,22-23H,13-14H2,1-3H3. The quantitative estimate of drug-likeness (QED) is 0.525. The topological polar surface area (TPSA) is 54.1 Å². The molecule has 1 heterocycles. The van der Waals surface area contributed by atoms with Gasteiger partial charge in [-0.1, -0.05) is 24.3 Å². The van der Waals surface area contributed by atoms with Crippen LogP contribution in [0.5, 0.6) is 5.75 Å². The van der Waals surface area contributed by atoms with Crippen molar-refractivity contribution in [3.63, 3.8) is 0 Å². The maximum Gasteiger partial charge on any atom is 0.197 e. The van der Waals surface area contributed by atoms with E-state index < -0.39 is 0 Å². The Morgan fingerprint density at radius 1 is 1.04 bits per heavy atom. The first-order chi connectivity index (χ1) is 12.0. The van der Waals surface area contributed by atoms with E-state index >= 15 is 0 Å². The molecule has 1 aromatic heterocycles. The Labute approximate surface area is 148 Å². The fourth-order valence-electron chi connectivity index (χ4n) is 2.80. The third-order valence-corrected chi connectivity index (χ3v) is 3.99. The lowest BCUT2D eigenvalue weighted by Crippen LogP contribution is -2.38. The number of aromatic amines is 1. The van der Waals surface area contributed by atoms with Crippen molar-refractivity contribution in [1.82, 2.24) is 10.3 Å². The third-order valence-electron chi connectivity index (χ3n) is 3.99. The van der Waals surface area contributed by atoms with E-state index in [0.717, 1.165) is 17.4 Å². The molecule has 2 N–H and O–H groups in total. The smallest absolute Gasteiger partial charge is 0.197 e. The predicted octanol–water partition coefficient (Wildman–Crippen LogP) is 4.17. The first-order valence-corrected chi connectivity index (χ1v) is 8.53. The molecule has 25 heavy (non-hydrogen) atoms. The zero-order valence-electron chi connectivity index (χ0n) is 14.9. The predicted molar refractivity (Wildman–Crippen MR) is 101 cm³/mol. The Morgan fingerprint density at radius 2 is 1.80 bits per heavy atom. The van der Waals surface area contributed by atoms with Crippen LogP contribution in [0.4, 0.5) is 0 Å². The summed E-state index contributed by atoms with van der Waals surface area (Å²) in [5.41, 5.74) is 2.27. The Bertz CT molecular complexity index is 875. The van der Waals surface area contributed by atoms with Crippen LogP contribution in [0.3, 0.4) is 0 Å².